The molecule has 224 valence electrons. The van der Waals surface area contributed by atoms with E-state index >= 15 is 0 Å². The van der Waals surface area contributed by atoms with Crippen LogP contribution in [0.25, 0.3) is 22.5 Å². The Morgan fingerprint density at radius 2 is 1.67 bits per heavy atom. The summed E-state index contributed by atoms with van der Waals surface area (Å²) in [6.45, 7) is 0.185. The van der Waals surface area contributed by atoms with Crippen molar-refractivity contribution in [1.29, 1.82) is 0 Å². The molecule has 7 rings (SSSR count). The number of halogens is 3. The summed E-state index contributed by atoms with van der Waals surface area (Å²) in [5.41, 5.74) is 1.79. The third-order valence-corrected chi connectivity index (χ3v) is 8.44. The van der Waals surface area contributed by atoms with Crippen LogP contribution in [0.5, 0.6) is 5.75 Å². The quantitative estimate of drug-likeness (QED) is 0.282. The molecule has 4 heterocycles. The Balaban J connectivity index is 1.07. The van der Waals surface area contributed by atoms with Crippen molar-refractivity contribution in [2.45, 2.75) is 75.6 Å². The number of rotatable bonds is 8. The number of piperidine rings is 1. The van der Waals surface area contributed by atoms with Gasteiger partial charge in [-0.15, -0.1) is 13.2 Å². The molecule has 2 bridgehead atoms. The number of nitrogens with one attached hydrogen (secondary N) is 2. The molecule has 2 aromatic carbocycles. The standard InChI is InChI=1S/C30H28F3N5O5/c31-30(32,33)42-24-4-2-1-3-22(24)26-23(27(43-37-26)17-5-6-17)15-41-21-13-19-11-12-20(14-21)38(19)18-9-7-16(8-10-18)25-28(39)34-29(40)36-35-25/h1-4,7-10,17,19-21H,5-6,11-15H2,(H2,34,36,39,40)/t19-,20+,21+. The van der Waals surface area contributed by atoms with Crippen LogP contribution in [0.4, 0.5) is 18.9 Å². The predicted octanol–water partition coefficient (Wildman–Crippen LogP) is 5.27. The number of alkyl halides is 3. The molecule has 43 heavy (non-hydrogen) atoms. The van der Waals surface area contributed by atoms with Crippen molar-refractivity contribution < 1.29 is 27.2 Å². The predicted molar refractivity (Wildman–Crippen MR) is 149 cm³/mol. The first-order valence-corrected chi connectivity index (χ1v) is 14.3. The van der Waals surface area contributed by atoms with Crippen LogP contribution < -0.4 is 20.9 Å². The Hall–Kier alpha value is -4.39. The van der Waals surface area contributed by atoms with Gasteiger partial charge in [-0.25, -0.2) is 9.89 Å². The molecule has 13 heteroatoms. The van der Waals surface area contributed by atoms with E-state index in [0.29, 0.717) is 22.6 Å². The maximum atomic E-state index is 13.1. The van der Waals surface area contributed by atoms with Gasteiger partial charge in [-0.2, -0.15) is 5.10 Å². The summed E-state index contributed by atoms with van der Waals surface area (Å²) in [6.07, 6.45) is 0.641. The van der Waals surface area contributed by atoms with Gasteiger partial charge in [0.2, 0.25) is 0 Å². The zero-order valence-electron chi connectivity index (χ0n) is 22.9. The maximum Gasteiger partial charge on any atom is 0.573 e. The van der Waals surface area contributed by atoms with Crippen molar-refractivity contribution in [1.82, 2.24) is 20.3 Å². The lowest BCUT2D eigenvalue weighted by molar-refractivity contribution is -0.274. The Bertz CT molecular complexity index is 1730. The van der Waals surface area contributed by atoms with E-state index in [4.69, 9.17) is 9.26 Å². The number of H-pyrrole nitrogens is 2. The number of ether oxygens (including phenoxy) is 2. The van der Waals surface area contributed by atoms with Crippen molar-refractivity contribution in [2.24, 2.45) is 0 Å². The fraction of sp³-hybridized carbons (Fsp3) is 0.400. The number of nitrogens with zero attached hydrogens (tertiary/aromatic N) is 3. The maximum absolute atomic E-state index is 13.1. The molecule has 2 saturated heterocycles. The first-order valence-electron chi connectivity index (χ1n) is 14.3. The van der Waals surface area contributed by atoms with Crippen LogP contribution in [0, 0.1) is 0 Å². The van der Waals surface area contributed by atoms with Gasteiger partial charge in [0.1, 0.15) is 17.2 Å². The minimum atomic E-state index is -4.83. The summed E-state index contributed by atoms with van der Waals surface area (Å²) in [6, 6.07) is 14.0. The Kier molecular flexibility index (Phi) is 6.83. The zero-order chi connectivity index (χ0) is 29.7. The second-order valence-electron chi connectivity index (χ2n) is 11.3. The summed E-state index contributed by atoms with van der Waals surface area (Å²) < 4.78 is 55.7. The number of para-hydroxylation sites is 1. The number of benzene rings is 2. The number of fused-ring (bicyclic) bond motifs is 2. The SMILES string of the molecule is O=c1[nH]nc(-c2ccc(N3[C@@H]4CC[C@H]3C[C@@H](OCc3c(-c5ccccc5OC(F)(F)F)noc3C3CC3)C4)cc2)c(=O)[nH]1. The number of anilines is 1. The van der Waals surface area contributed by atoms with Crippen LogP contribution in [-0.2, 0) is 11.3 Å². The highest BCUT2D eigenvalue weighted by Crippen LogP contribution is 2.46. The lowest BCUT2D eigenvalue weighted by Gasteiger charge is -2.40. The summed E-state index contributed by atoms with van der Waals surface area (Å²) >= 11 is 0. The van der Waals surface area contributed by atoms with Gasteiger partial charge in [0.25, 0.3) is 5.56 Å². The number of aromatic amines is 2. The van der Waals surface area contributed by atoms with Gasteiger partial charge in [0.15, 0.2) is 5.69 Å². The second kappa shape index (κ2) is 10.7. The molecule has 3 fully saturated rings. The lowest BCUT2D eigenvalue weighted by atomic mass is 9.98. The third-order valence-electron chi connectivity index (χ3n) is 8.44. The van der Waals surface area contributed by atoms with Crippen LogP contribution in [-0.4, -0.2) is 44.9 Å². The van der Waals surface area contributed by atoms with Crippen LogP contribution in [0.1, 0.15) is 55.8 Å². The first-order chi connectivity index (χ1) is 20.7. The van der Waals surface area contributed by atoms with E-state index in [-0.39, 0.29) is 47.7 Å². The highest BCUT2D eigenvalue weighted by atomic mass is 19.4. The monoisotopic (exact) mass is 595 g/mol. The Morgan fingerprint density at radius 1 is 0.953 bits per heavy atom. The van der Waals surface area contributed by atoms with Gasteiger partial charge in [0.05, 0.1) is 12.7 Å². The van der Waals surface area contributed by atoms with Crippen LogP contribution in [0.3, 0.4) is 0 Å². The number of aromatic nitrogens is 4. The van der Waals surface area contributed by atoms with Crippen molar-refractivity contribution >= 4 is 5.69 Å². The third kappa shape index (κ3) is 5.56. The fourth-order valence-corrected chi connectivity index (χ4v) is 6.44. The molecule has 0 amide bonds. The average molecular weight is 596 g/mol. The number of hydrogen-bond donors (Lipinski definition) is 2. The van der Waals surface area contributed by atoms with Gasteiger partial charge in [-0.1, -0.05) is 29.4 Å². The molecule has 0 spiro atoms. The van der Waals surface area contributed by atoms with Crippen LogP contribution >= 0.6 is 0 Å². The molecule has 2 N–H and O–H groups in total. The van der Waals surface area contributed by atoms with Crippen LogP contribution in [0.2, 0.25) is 0 Å². The molecule has 1 saturated carbocycles. The molecular weight excluding hydrogens is 567 g/mol. The van der Waals surface area contributed by atoms with Gasteiger partial charge < -0.3 is 18.9 Å². The van der Waals surface area contributed by atoms with Crippen molar-refractivity contribution in [3.05, 3.63) is 80.7 Å². The largest absolute Gasteiger partial charge is 0.573 e. The molecule has 4 aromatic rings. The van der Waals surface area contributed by atoms with E-state index in [1.807, 2.05) is 24.3 Å². The highest BCUT2D eigenvalue weighted by molar-refractivity contribution is 5.70. The van der Waals surface area contributed by atoms with Crippen molar-refractivity contribution in [3.8, 4) is 28.3 Å². The van der Waals surface area contributed by atoms with Crippen LogP contribution in [0.15, 0.2) is 62.6 Å². The normalized spacial score (nSPS) is 21.7. The Morgan fingerprint density at radius 3 is 2.35 bits per heavy atom. The molecule has 2 aliphatic heterocycles. The van der Waals surface area contributed by atoms with Gasteiger partial charge in [-0.05, 0) is 62.8 Å². The van der Waals surface area contributed by atoms with E-state index < -0.39 is 17.6 Å². The van der Waals surface area contributed by atoms with E-state index in [1.54, 1.807) is 12.1 Å². The molecular formula is C30H28F3N5O5. The molecule has 0 radical (unpaired) electrons. The molecule has 1 aliphatic carbocycles. The molecule has 0 unspecified atom stereocenters. The van der Waals surface area contributed by atoms with Crippen molar-refractivity contribution in [3.63, 3.8) is 0 Å². The first kappa shape index (κ1) is 27.4. The number of hydrogen-bond acceptors (Lipinski definition) is 8. The van der Waals surface area contributed by atoms with E-state index in [2.05, 4.69) is 30.0 Å². The minimum Gasteiger partial charge on any atom is -0.405 e. The molecule has 10 nitrogen and oxygen atoms in total. The Labute approximate surface area is 242 Å². The summed E-state index contributed by atoms with van der Waals surface area (Å²) in [5, 5.41) is 10.3. The van der Waals surface area contributed by atoms with Gasteiger partial charge in [0, 0.05) is 40.4 Å². The minimum absolute atomic E-state index is 0.0339. The zero-order valence-corrected chi connectivity index (χ0v) is 22.9. The smallest absolute Gasteiger partial charge is 0.405 e. The van der Waals surface area contributed by atoms with Gasteiger partial charge >= 0.3 is 12.1 Å². The summed E-state index contributed by atoms with van der Waals surface area (Å²) in [7, 11) is 0. The summed E-state index contributed by atoms with van der Waals surface area (Å²) in [4.78, 5) is 28.0. The van der Waals surface area contributed by atoms with E-state index in [9.17, 15) is 22.8 Å². The van der Waals surface area contributed by atoms with E-state index in [1.165, 1.54) is 12.1 Å². The molecule has 3 aliphatic rings. The van der Waals surface area contributed by atoms with E-state index in [0.717, 1.165) is 44.2 Å². The fourth-order valence-electron chi connectivity index (χ4n) is 6.44. The summed E-state index contributed by atoms with van der Waals surface area (Å²) in [5.74, 6) is 0.539. The van der Waals surface area contributed by atoms with Gasteiger partial charge in [-0.3, -0.25) is 9.78 Å². The topological polar surface area (TPSA) is 126 Å². The van der Waals surface area contributed by atoms with Crippen molar-refractivity contribution in [2.75, 3.05) is 4.90 Å². The average Bonchev–Trinajstić information content (AvgIpc) is 3.67. The lowest BCUT2D eigenvalue weighted by Crippen LogP contribution is -2.45. The highest BCUT2D eigenvalue weighted by Gasteiger charge is 2.42. The molecule has 3 atom stereocenters. The molecule has 2 aromatic heterocycles. The second-order valence-corrected chi connectivity index (χ2v) is 11.3.